The lowest BCUT2D eigenvalue weighted by atomic mass is 9.75. The summed E-state index contributed by atoms with van der Waals surface area (Å²) in [4.78, 5) is 14.5. The van der Waals surface area contributed by atoms with Crippen LogP contribution in [0.15, 0.2) is 36.4 Å². The van der Waals surface area contributed by atoms with Gasteiger partial charge in [-0.15, -0.1) is 0 Å². The van der Waals surface area contributed by atoms with E-state index in [9.17, 15) is 4.79 Å². The molecule has 0 bridgehead atoms. The Kier molecular flexibility index (Phi) is 7.13. The highest BCUT2D eigenvalue weighted by Gasteiger charge is 2.44. The molecule has 0 saturated carbocycles. The van der Waals surface area contributed by atoms with Crippen molar-refractivity contribution in [3.63, 3.8) is 0 Å². The molecule has 178 valence electrons. The Balaban J connectivity index is 1.38. The third-order valence-corrected chi connectivity index (χ3v) is 6.50. The molecule has 4 rings (SSSR count). The van der Waals surface area contributed by atoms with E-state index in [2.05, 4.69) is 11.0 Å². The molecule has 33 heavy (non-hydrogen) atoms. The number of hydrogen-bond donors (Lipinski definition) is 0. The van der Waals surface area contributed by atoms with Crippen LogP contribution in [0.25, 0.3) is 0 Å². The van der Waals surface area contributed by atoms with Crippen molar-refractivity contribution >= 4 is 29.2 Å². The molecule has 2 aliphatic heterocycles. The summed E-state index contributed by atoms with van der Waals surface area (Å²) in [6.07, 6.45) is 2.55. The van der Waals surface area contributed by atoms with Crippen LogP contribution in [0.3, 0.4) is 0 Å². The van der Waals surface area contributed by atoms with E-state index in [1.54, 1.807) is 6.07 Å². The molecule has 1 atom stereocenters. The van der Waals surface area contributed by atoms with Gasteiger partial charge in [-0.1, -0.05) is 29.3 Å². The highest BCUT2D eigenvalue weighted by Crippen LogP contribution is 2.45. The van der Waals surface area contributed by atoms with Gasteiger partial charge in [0.25, 0.3) is 0 Å². The number of hydrogen-bond acceptors (Lipinski definition) is 5. The predicted molar refractivity (Wildman–Crippen MR) is 131 cm³/mol. The van der Waals surface area contributed by atoms with Gasteiger partial charge in [0.1, 0.15) is 23.7 Å². The Hall–Kier alpha value is -1.95. The highest BCUT2D eigenvalue weighted by atomic mass is 35.5. The molecular formula is C26H31Cl2NO4. The molecule has 0 amide bonds. The van der Waals surface area contributed by atoms with Crippen LogP contribution in [0.5, 0.6) is 11.5 Å². The Morgan fingerprint density at radius 2 is 1.91 bits per heavy atom. The zero-order chi connectivity index (χ0) is 23.6. The molecule has 1 unspecified atom stereocenters. The molecule has 1 saturated heterocycles. The topological polar surface area (TPSA) is 48.0 Å². The quantitative estimate of drug-likeness (QED) is 0.461. The molecule has 0 radical (unpaired) electrons. The van der Waals surface area contributed by atoms with Gasteiger partial charge in [0.05, 0.1) is 13.0 Å². The van der Waals surface area contributed by atoms with Crippen molar-refractivity contribution in [2.24, 2.45) is 0 Å². The second-order valence-electron chi connectivity index (χ2n) is 10.0. The number of piperidine rings is 1. The minimum Gasteiger partial charge on any atom is -0.492 e. The SMILES string of the molecule is CC(C)(C)OC(=O)CCN1CCCC2(COc3cc(OCc4cc(Cl)cc(Cl)c4)ccc32)C1. The van der Waals surface area contributed by atoms with E-state index in [-0.39, 0.29) is 11.4 Å². The van der Waals surface area contributed by atoms with Gasteiger partial charge in [-0.3, -0.25) is 4.79 Å². The number of esters is 1. The molecule has 0 aromatic heterocycles. The fourth-order valence-corrected chi connectivity index (χ4v) is 5.27. The van der Waals surface area contributed by atoms with Crippen LogP contribution in [0, 0.1) is 0 Å². The molecule has 2 aromatic rings. The van der Waals surface area contributed by atoms with E-state index in [4.69, 9.17) is 37.4 Å². The molecule has 2 aromatic carbocycles. The minimum absolute atomic E-state index is 0.0411. The summed E-state index contributed by atoms with van der Waals surface area (Å²) >= 11 is 12.2. The van der Waals surface area contributed by atoms with Crippen LogP contribution in [0.4, 0.5) is 0 Å². The first-order chi connectivity index (χ1) is 15.6. The van der Waals surface area contributed by atoms with Crippen molar-refractivity contribution in [3.05, 3.63) is 57.6 Å². The molecular weight excluding hydrogens is 461 g/mol. The number of rotatable bonds is 6. The van der Waals surface area contributed by atoms with E-state index in [0.29, 0.717) is 36.2 Å². The fourth-order valence-electron chi connectivity index (χ4n) is 4.70. The van der Waals surface area contributed by atoms with E-state index in [1.807, 2.05) is 45.0 Å². The first kappa shape index (κ1) is 24.2. The number of halogens is 2. The van der Waals surface area contributed by atoms with Gasteiger partial charge in [-0.05, 0) is 70.0 Å². The lowest BCUT2D eigenvalue weighted by molar-refractivity contribution is -0.155. The van der Waals surface area contributed by atoms with Crippen LogP contribution < -0.4 is 9.47 Å². The van der Waals surface area contributed by atoms with Crippen LogP contribution >= 0.6 is 23.2 Å². The second-order valence-corrected chi connectivity index (χ2v) is 10.9. The normalized spacial score (nSPS) is 20.4. The summed E-state index contributed by atoms with van der Waals surface area (Å²) in [6.45, 7) is 9.30. The Morgan fingerprint density at radius 3 is 2.64 bits per heavy atom. The monoisotopic (exact) mass is 491 g/mol. The lowest BCUT2D eigenvalue weighted by Crippen LogP contribution is -2.47. The minimum atomic E-state index is -0.447. The van der Waals surface area contributed by atoms with Gasteiger partial charge in [0, 0.05) is 40.2 Å². The van der Waals surface area contributed by atoms with Crippen LogP contribution in [0.2, 0.25) is 10.0 Å². The maximum atomic E-state index is 12.1. The van der Waals surface area contributed by atoms with Crippen molar-refractivity contribution < 1.29 is 19.0 Å². The Labute approximate surface area is 205 Å². The number of benzene rings is 2. The van der Waals surface area contributed by atoms with Crippen LogP contribution in [-0.2, 0) is 21.6 Å². The summed E-state index contributed by atoms with van der Waals surface area (Å²) in [5, 5.41) is 1.18. The lowest BCUT2D eigenvalue weighted by Gasteiger charge is -2.39. The third-order valence-electron chi connectivity index (χ3n) is 6.06. The number of carbonyl (C=O) groups excluding carboxylic acids is 1. The van der Waals surface area contributed by atoms with Crippen molar-refractivity contribution in [2.45, 2.75) is 57.7 Å². The summed E-state index contributed by atoms with van der Waals surface area (Å²) in [5.41, 5.74) is 1.65. The number of fused-ring (bicyclic) bond motifs is 2. The second kappa shape index (κ2) is 9.73. The maximum Gasteiger partial charge on any atom is 0.307 e. The van der Waals surface area contributed by atoms with Gasteiger partial charge in [0.2, 0.25) is 0 Å². The maximum absolute atomic E-state index is 12.1. The van der Waals surface area contributed by atoms with Gasteiger partial charge in [-0.2, -0.15) is 0 Å². The smallest absolute Gasteiger partial charge is 0.307 e. The van der Waals surface area contributed by atoms with E-state index in [1.165, 1.54) is 5.56 Å². The molecule has 2 aliphatic rings. The number of nitrogens with zero attached hydrogens (tertiary/aromatic N) is 1. The predicted octanol–water partition coefficient (Wildman–Crippen LogP) is 6.03. The van der Waals surface area contributed by atoms with Crippen molar-refractivity contribution in [1.29, 1.82) is 0 Å². The number of carbonyl (C=O) groups is 1. The van der Waals surface area contributed by atoms with Gasteiger partial charge < -0.3 is 19.1 Å². The Bertz CT molecular complexity index is 1000. The number of ether oxygens (including phenoxy) is 3. The number of likely N-dealkylation sites (tertiary alicyclic amines) is 1. The largest absolute Gasteiger partial charge is 0.492 e. The molecule has 1 spiro atoms. The van der Waals surface area contributed by atoms with Crippen LogP contribution in [-0.4, -0.2) is 42.7 Å². The van der Waals surface area contributed by atoms with Crippen LogP contribution in [0.1, 0.15) is 51.2 Å². The van der Waals surface area contributed by atoms with E-state index in [0.717, 1.165) is 43.0 Å². The first-order valence-electron chi connectivity index (χ1n) is 11.4. The van der Waals surface area contributed by atoms with Crippen molar-refractivity contribution in [3.8, 4) is 11.5 Å². The summed E-state index contributed by atoms with van der Waals surface area (Å²) < 4.78 is 17.6. The first-order valence-corrected chi connectivity index (χ1v) is 12.2. The average Bonchev–Trinajstić information content (AvgIpc) is 3.06. The molecule has 5 nitrogen and oxygen atoms in total. The summed E-state index contributed by atoms with van der Waals surface area (Å²) in [7, 11) is 0. The molecule has 1 fully saturated rings. The Morgan fingerprint density at radius 1 is 1.15 bits per heavy atom. The van der Waals surface area contributed by atoms with E-state index < -0.39 is 5.60 Å². The van der Waals surface area contributed by atoms with Crippen molar-refractivity contribution in [2.75, 3.05) is 26.2 Å². The molecule has 7 heteroatoms. The van der Waals surface area contributed by atoms with Crippen molar-refractivity contribution in [1.82, 2.24) is 4.90 Å². The summed E-state index contributed by atoms with van der Waals surface area (Å²) in [5.74, 6) is 1.48. The standard InChI is InChI=1S/C26H31Cl2NO4/c1-25(2,3)33-24(30)7-10-29-9-4-8-26(16-29)17-32-23-14-21(5-6-22(23)26)31-15-18-11-19(27)13-20(28)12-18/h5-6,11-14H,4,7-10,15-17H2,1-3H3. The molecule has 0 N–H and O–H groups in total. The summed E-state index contributed by atoms with van der Waals surface area (Å²) in [6, 6.07) is 11.5. The highest BCUT2D eigenvalue weighted by molar-refractivity contribution is 6.34. The fraction of sp³-hybridized carbons (Fsp3) is 0.500. The average molecular weight is 492 g/mol. The zero-order valence-electron chi connectivity index (χ0n) is 19.5. The van der Waals surface area contributed by atoms with Gasteiger partial charge in [-0.25, -0.2) is 0 Å². The van der Waals surface area contributed by atoms with Gasteiger partial charge >= 0.3 is 5.97 Å². The molecule has 2 heterocycles. The third kappa shape index (κ3) is 6.14. The van der Waals surface area contributed by atoms with Gasteiger partial charge in [0.15, 0.2) is 0 Å². The van der Waals surface area contributed by atoms with E-state index >= 15 is 0 Å². The zero-order valence-corrected chi connectivity index (χ0v) is 21.0. The molecule has 0 aliphatic carbocycles.